The van der Waals surface area contributed by atoms with Gasteiger partial charge in [-0.3, -0.25) is 14.7 Å². The van der Waals surface area contributed by atoms with Crippen molar-refractivity contribution in [2.75, 3.05) is 19.6 Å². The number of benzene rings is 1. The van der Waals surface area contributed by atoms with Crippen LogP contribution < -0.4 is 5.32 Å². The summed E-state index contributed by atoms with van der Waals surface area (Å²) >= 11 is 0. The maximum Gasteiger partial charge on any atom is 0.252 e. The molecule has 2 heterocycles. The predicted octanol–water partition coefficient (Wildman–Crippen LogP) is 3.88. The Kier molecular flexibility index (Phi) is 5.26. The SMILES string of the molecule is CC(C)=CCN1CCC(NC(=O)c2c3c(nc4ccccc24)CCC3)CC1. The number of likely N-dealkylation sites (tertiary alicyclic amines) is 1. The van der Waals surface area contributed by atoms with Crippen LogP contribution in [0.25, 0.3) is 10.9 Å². The average Bonchev–Trinajstić information content (AvgIpc) is 3.13. The van der Waals surface area contributed by atoms with Crippen molar-refractivity contribution in [1.82, 2.24) is 15.2 Å². The van der Waals surface area contributed by atoms with E-state index in [0.29, 0.717) is 0 Å². The highest BCUT2D eigenvalue weighted by Gasteiger charge is 2.26. The number of nitrogens with zero attached hydrogens (tertiary/aromatic N) is 2. The van der Waals surface area contributed by atoms with Gasteiger partial charge in [0.15, 0.2) is 0 Å². The number of amides is 1. The molecule has 2 aliphatic rings. The van der Waals surface area contributed by atoms with E-state index in [1.807, 2.05) is 24.3 Å². The number of carbonyl (C=O) groups excluding carboxylic acids is 1. The van der Waals surface area contributed by atoms with Crippen LogP contribution in [0.3, 0.4) is 0 Å². The van der Waals surface area contributed by atoms with Gasteiger partial charge < -0.3 is 5.32 Å². The van der Waals surface area contributed by atoms with Gasteiger partial charge in [0.25, 0.3) is 5.91 Å². The summed E-state index contributed by atoms with van der Waals surface area (Å²) in [6.45, 7) is 7.40. The van der Waals surface area contributed by atoms with Gasteiger partial charge in [0.2, 0.25) is 0 Å². The third-order valence-electron chi connectivity index (χ3n) is 5.83. The van der Waals surface area contributed by atoms with Gasteiger partial charge in [0, 0.05) is 36.8 Å². The van der Waals surface area contributed by atoms with Crippen molar-refractivity contribution in [2.24, 2.45) is 0 Å². The van der Waals surface area contributed by atoms with Crippen molar-refractivity contribution in [3.63, 3.8) is 0 Å². The number of hydrogen-bond acceptors (Lipinski definition) is 3. The molecule has 0 saturated carbocycles. The van der Waals surface area contributed by atoms with Crippen LogP contribution in [-0.2, 0) is 12.8 Å². The molecule has 4 nitrogen and oxygen atoms in total. The fourth-order valence-electron chi connectivity index (χ4n) is 4.30. The number of carbonyl (C=O) groups is 1. The van der Waals surface area contributed by atoms with E-state index in [4.69, 9.17) is 4.98 Å². The zero-order valence-corrected chi connectivity index (χ0v) is 16.4. The quantitative estimate of drug-likeness (QED) is 0.839. The van der Waals surface area contributed by atoms with Gasteiger partial charge in [0.05, 0.1) is 11.1 Å². The molecule has 1 N–H and O–H groups in total. The second-order valence-corrected chi connectivity index (χ2v) is 8.11. The lowest BCUT2D eigenvalue weighted by molar-refractivity contribution is 0.0915. The smallest absolute Gasteiger partial charge is 0.252 e. The lowest BCUT2D eigenvalue weighted by Gasteiger charge is -2.32. The maximum atomic E-state index is 13.2. The second-order valence-electron chi connectivity index (χ2n) is 8.11. The van der Waals surface area contributed by atoms with E-state index in [1.165, 1.54) is 11.1 Å². The van der Waals surface area contributed by atoms with E-state index in [-0.39, 0.29) is 11.9 Å². The number of allylic oxidation sites excluding steroid dienone is 1. The van der Waals surface area contributed by atoms with Crippen molar-refractivity contribution in [3.05, 3.63) is 52.7 Å². The fourth-order valence-corrected chi connectivity index (χ4v) is 4.30. The molecule has 0 atom stereocenters. The third kappa shape index (κ3) is 3.91. The summed E-state index contributed by atoms with van der Waals surface area (Å²) < 4.78 is 0. The number of rotatable bonds is 4. The fraction of sp³-hybridized carbons (Fsp3) is 0.478. The first kappa shape index (κ1) is 18.2. The van der Waals surface area contributed by atoms with Crippen LogP contribution in [0.4, 0.5) is 0 Å². The van der Waals surface area contributed by atoms with Gasteiger partial charge in [-0.25, -0.2) is 0 Å². The van der Waals surface area contributed by atoms with Crippen LogP contribution in [0, 0.1) is 0 Å². The highest BCUT2D eigenvalue weighted by molar-refractivity contribution is 6.08. The van der Waals surface area contributed by atoms with E-state index in [2.05, 4.69) is 30.1 Å². The van der Waals surface area contributed by atoms with E-state index < -0.39 is 0 Å². The van der Waals surface area contributed by atoms with Crippen LogP contribution >= 0.6 is 0 Å². The Morgan fingerprint density at radius 2 is 2.00 bits per heavy atom. The molecule has 0 spiro atoms. The number of hydrogen-bond donors (Lipinski definition) is 1. The topological polar surface area (TPSA) is 45.2 Å². The average molecular weight is 364 g/mol. The molecule has 1 aliphatic carbocycles. The summed E-state index contributed by atoms with van der Waals surface area (Å²) in [4.78, 5) is 20.5. The standard InChI is InChI=1S/C23H29N3O/c1-16(2)10-13-26-14-11-17(12-15-26)24-23(27)22-18-6-3-4-8-20(18)25-21-9-5-7-19(21)22/h3-4,6,8,10,17H,5,7,9,11-15H2,1-2H3,(H,24,27). The zero-order chi connectivity index (χ0) is 18.8. The Labute approximate surface area is 161 Å². The zero-order valence-electron chi connectivity index (χ0n) is 16.4. The molecule has 0 unspecified atom stereocenters. The molecule has 27 heavy (non-hydrogen) atoms. The molecule has 4 rings (SSSR count). The number of nitrogens with one attached hydrogen (secondary N) is 1. The Balaban J connectivity index is 1.49. The monoisotopic (exact) mass is 363 g/mol. The van der Waals surface area contributed by atoms with Gasteiger partial charge in [-0.15, -0.1) is 0 Å². The lowest BCUT2D eigenvalue weighted by Crippen LogP contribution is -2.44. The Morgan fingerprint density at radius 1 is 1.22 bits per heavy atom. The second kappa shape index (κ2) is 7.81. The first-order valence-electron chi connectivity index (χ1n) is 10.2. The molecule has 0 bridgehead atoms. The molecule has 1 fully saturated rings. The first-order chi connectivity index (χ1) is 13.1. The molecule has 0 radical (unpaired) electrons. The summed E-state index contributed by atoms with van der Waals surface area (Å²) in [5.41, 5.74) is 5.48. The van der Waals surface area contributed by atoms with Crippen LogP contribution in [0.5, 0.6) is 0 Å². The summed E-state index contributed by atoms with van der Waals surface area (Å²) in [7, 11) is 0. The predicted molar refractivity (Wildman–Crippen MR) is 110 cm³/mol. The van der Waals surface area contributed by atoms with Crippen molar-refractivity contribution < 1.29 is 4.79 Å². The van der Waals surface area contributed by atoms with Gasteiger partial charge >= 0.3 is 0 Å². The molecular formula is C23H29N3O. The van der Waals surface area contributed by atoms with E-state index in [0.717, 1.165) is 73.9 Å². The molecule has 142 valence electrons. The molecule has 1 saturated heterocycles. The Morgan fingerprint density at radius 3 is 2.78 bits per heavy atom. The Hall–Kier alpha value is -2.20. The summed E-state index contributed by atoms with van der Waals surface area (Å²) in [6, 6.07) is 8.33. The minimum absolute atomic E-state index is 0.0921. The van der Waals surface area contributed by atoms with Gasteiger partial charge in [-0.2, -0.15) is 0 Å². The molecular weight excluding hydrogens is 334 g/mol. The van der Waals surface area contributed by atoms with Gasteiger partial charge in [0.1, 0.15) is 0 Å². The maximum absolute atomic E-state index is 13.2. The van der Waals surface area contributed by atoms with E-state index in [9.17, 15) is 4.79 Å². The van der Waals surface area contributed by atoms with E-state index >= 15 is 0 Å². The van der Waals surface area contributed by atoms with Crippen molar-refractivity contribution in [1.29, 1.82) is 0 Å². The third-order valence-corrected chi connectivity index (χ3v) is 5.83. The first-order valence-corrected chi connectivity index (χ1v) is 10.2. The molecule has 4 heteroatoms. The van der Waals surface area contributed by atoms with E-state index in [1.54, 1.807) is 0 Å². The van der Waals surface area contributed by atoms with Crippen molar-refractivity contribution in [2.45, 2.75) is 52.0 Å². The molecule has 1 aliphatic heterocycles. The number of fused-ring (bicyclic) bond motifs is 2. The summed E-state index contributed by atoms with van der Waals surface area (Å²) in [5, 5.41) is 4.33. The summed E-state index contributed by atoms with van der Waals surface area (Å²) in [5.74, 6) is 0.0921. The van der Waals surface area contributed by atoms with Crippen LogP contribution in [0.15, 0.2) is 35.9 Å². The number of aromatic nitrogens is 1. The minimum Gasteiger partial charge on any atom is -0.349 e. The highest BCUT2D eigenvalue weighted by Crippen LogP contribution is 2.30. The summed E-state index contributed by atoms with van der Waals surface area (Å²) in [6.07, 6.45) is 7.38. The number of para-hydroxylation sites is 1. The van der Waals surface area contributed by atoms with Crippen LogP contribution in [-0.4, -0.2) is 41.5 Å². The van der Waals surface area contributed by atoms with Crippen molar-refractivity contribution in [3.8, 4) is 0 Å². The minimum atomic E-state index is 0.0921. The largest absolute Gasteiger partial charge is 0.349 e. The number of aryl methyl sites for hydroxylation is 1. The van der Waals surface area contributed by atoms with Gasteiger partial charge in [-0.1, -0.05) is 29.8 Å². The van der Waals surface area contributed by atoms with Crippen LogP contribution in [0.2, 0.25) is 0 Å². The molecule has 1 amide bonds. The number of pyridine rings is 1. The molecule has 1 aromatic carbocycles. The molecule has 1 aromatic heterocycles. The number of piperidine rings is 1. The highest BCUT2D eigenvalue weighted by atomic mass is 16.1. The Bertz CT molecular complexity index is 875. The van der Waals surface area contributed by atoms with Crippen molar-refractivity contribution >= 4 is 16.8 Å². The lowest BCUT2D eigenvalue weighted by atomic mass is 9.99. The van der Waals surface area contributed by atoms with Crippen LogP contribution in [0.1, 0.15) is 54.7 Å². The van der Waals surface area contributed by atoms with Gasteiger partial charge in [-0.05, 0) is 57.6 Å². The normalized spacial score (nSPS) is 17.7. The molecule has 2 aromatic rings.